The van der Waals surface area contributed by atoms with Gasteiger partial charge in [0.05, 0.1) is 19.6 Å². The number of ether oxygens (including phenoxy) is 1. The molecule has 4 heteroatoms. The lowest BCUT2D eigenvalue weighted by molar-refractivity contribution is -0.142. The molecule has 0 aliphatic rings. The molecule has 0 aliphatic heterocycles. The van der Waals surface area contributed by atoms with Crippen molar-refractivity contribution < 1.29 is 14.6 Å². The number of aliphatic hydroxyl groups excluding tert-OH is 1. The topological polar surface area (TPSA) is 46.5 Å². The molecule has 13 heavy (non-hydrogen) atoms. The zero-order valence-corrected chi connectivity index (χ0v) is 9.48. The molecule has 1 atom stereocenters. The molecule has 0 amide bonds. The number of hydrogen-bond acceptors (Lipinski definition) is 4. The van der Waals surface area contributed by atoms with Gasteiger partial charge in [-0.2, -0.15) is 11.8 Å². The molecule has 78 valence electrons. The highest BCUT2D eigenvalue weighted by atomic mass is 32.2. The summed E-state index contributed by atoms with van der Waals surface area (Å²) in [6.45, 7) is 6.22. The third kappa shape index (κ3) is 8.12. The molecule has 0 bridgehead atoms. The lowest BCUT2D eigenvalue weighted by Crippen LogP contribution is -2.20. The van der Waals surface area contributed by atoms with Crippen LogP contribution >= 0.6 is 11.8 Å². The number of hydrogen-bond donors (Lipinski definition) is 1. The Balaban J connectivity index is 3.63. The number of rotatable bonds is 4. The normalized spacial score (nSPS) is 13.9. The van der Waals surface area contributed by atoms with E-state index in [1.807, 2.05) is 0 Å². The maximum absolute atomic E-state index is 10.8. The average Bonchev–Trinajstić information content (AvgIpc) is 1.99. The first-order valence-corrected chi connectivity index (χ1v) is 5.22. The molecule has 0 heterocycles. The Kier molecular flexibility index (Phi) is 5.40. The van der Waals surface area contributed by atoms with Crippen molar-refractivity contribution in [3.8, 4) is 0 Å². The van der Waals surface area contributed by atoms with Crippen LogP contribution in [0.1, 0.15) is 27.2 Å². The van der Waals surface area contributed by atoms with E-state index in [1.54, 1.807) is 11.8 Å². The van der Waals surface area contributed by atoms with Gasteiger partial charge in [0.15, 0.2) is 0 Å². The van der Waals surface area contributed by atoms with Crippen LogP contribution in [-0.2, 0) is 9.53 Å². The molecule has 0 saturated heterocycles. The van der Waals surface area contributed by atoms with Gasteiger partial charge in [-0.25, -0.2) is 0 Å². The number of aliphatic hydroxyl groups is 1. The molecule has 0 aromatic carbocycles. The predicted octanol–water partition coefficient (Wildman–Crippen LogP) is 1.44. The molecule has 0 spiro atoms. The molecule has 0 saturated carbocycles. The highest BCUT2D eigenvalue weighted by molar-refractivity contribution is 8.00. The molecule has 0 rings (SSSR count). The summed E-state index contributed by atoms with van der Waals surface area (Å²) in [4.78, 5) is 10.8. The van der Waals surface area contributed by atoms with Gasteiger partial charge >= 0.3 is 5.97 Å². The zero-order chi connectivity index (χ0) is 10.5. The quantitative estimate of drug-likeness (QED) is 0.707. The van der Waals surface area contributed by atoms with Gasteiger partial charge in [0.2, 0.25) is 0 Å². The predicted molar refractivity (Wildman–Crippen MR) is 54.9 cm³/mol. The highest BCUT2D eigenvalue weighted by Gasteiger charge is 2.16. The summed E-state index contributed by atoms with van der Waals surface area (Å²) in [5.41, 5.74) is 0. The van der Waals surface area contributed by atoms with Gasteiger partial charge in [-0.05, 0) is 0 Å². The van der Waals surface area contributed by atoms with Crippen molar-refractivity contribution in [3.63, 3.8) is 0 Å². The van der Waals surface area contributed by atoms with Crippen molar-refractivity contribution in [2.45, 2.75) is 38.0 Å². The SMILES string of the molecule is COC(=O)CC(O)CSC(C)(C)C. The molecule has 1 N–H and O–H groups in total. The Morgan fingerprint density at radius 1 is 1.54 bits per heavy atom. The molecule has 0 fully saturated rings. The lowest BCUT2D eigenvalue weighted by atomic mass is 10.3. The van der Waals surface area contributed by atoms with Crippen molar-refractivity contribution >= 4 is 17.7 Å². The first-order chi connectivity index (χ1) is 5.85. The van der Waals surface area contributed by atoms with Crippen LogP contribution in [0.15, 0.2) is 0 Å². The second-order valence-corrected chi connectivity index (χ2v) is 5.70. The summed E-state index contributed by atoms with van der Waals surface area (Å²) < 4.78 is 4.57. The standard InChI is InChI=1S/C9H18O3S/c1-9(2,3)13-6-7(10)5-8(11)12-4/h7,10H,5-6H2,1-4H3. The van der Waals surface area contributed by atoms with Crippen LogP contribution in [0.4, 0.5) is 0 Å². The molecular weight excluding hydrogens is 188 g/mol. The second-order valence-electron chi connectivity index (χ2n) is 3.86. The Bertz CT molecular complexity index is 163. The largest absolute Gasteiger partial charge is 0.469 e. The van der Waals surface area contributed by atoms with Crippen molar-refractivity contribution in [3.05, 3.63) is 0 Å². The summed E-state index contributed by atoms with van der Waals surface area (Å²) in [5.74, 6) is 0.209. The first kappa shape index (κ1) is 12.8. The van der Waals surface area contributed by atoms with Gasteiger partial charge in [-0.3, -0.25) is 4.79 Å². The summed E-state index contributed by atoms with van der Waals surface area (Å²) in [5, 5.41) is 9.39. The molecule has 0 aliphatic carbocycles. The van der Waals surface area contributed by atoms with Crippen LogP contribution in [0.5, 0.6) is 0 Å². The van der Waals surface area contributed by atoms with Gasteiger partial charge in [0.25, 0.3) is 0 Å². The maximum Gasteiger partial charge on any atom is 0.308 e. The van der Waals surface area contributed by atoms with E-state index in [0.29, 0.717) is 5.75 Å². The third-order valence-corrected chi connectivity index (χ3v) is 2.76. The van der Waals surface area contributed by atoms with Crippen LogP contribution in [0.2, 0.25) is 0 Å². The Hall–Kier alpha value is -0.220. The van der Waals surface area contributed by atoms with E-state index in [0.717, 1.165) is 0 Å². The monoisotopic (exact) mass is 206 g/mol. The number of esters is 1. The summed E-state index contributed by atoms with van der Waals surface area (Å²) in [6.07, 6.45) is -0.517. The molecule has 0 radical (unpaired) electrons. The third-order valence-electron chi connectivity index (χ3n) is 1.34. The fourth-order valence-corrected chi connectivity index (χ4v) is 1.49. The molecule has 1 unspecified atom stereocenters. The van der Waals surface area contributed by atoms with Crippen molar-refractivity contribution in [1.29, 1.82) is 0 Å². The minimum atomic E-state index is -0.600. The van der Waals surface area contributed by atoms with Gasteiger partial charge in [0.1, 0.15) is 0 Å². The van der Waals surface area contributed by atoms with Crippen molar-refractivity contribution in [2.75, 3.05) is 12.9 Å². The average molecular weight is 206 g/mol. The first-order valence-electron chi connectivity index (χ1n) is 4.24. The number of thioether (sulfide) groups is 1. The smallest absolute Gasteiger partial charge is 0.308 e. The Labute approximate surface area is 83.9 Å². The van der Waals surface area contributed by atoms with E-state index in [2.05, 4.69) is 25.5 Å². The molecule has 0 aromatic heterocycles. The fourth-order valence-electron chi connectivity index (χ4n) is 0.681. The number of carbonyl (C=O) groups excluding carboxylic acids is 1. The zero-order valence-electron chi connectivity index (χ0n) is 8.66. The van der Waals surface area contributed by atoms with E-state index >= 15 is 0 Å². The van der Waals surface area contributed by atoms with Gasteiger partial charge in [-0.15, -0.1) is 0 Å². The van der Waals surface area contributed by atoms with Crippen LogP contribution in [0.3, 0.4) is 0 Å². The number of carbonyl (C=O) groups is 1. The number of methoxy groups -OCH3 is 1. The van der Waals surface area contributed by atoms with Crippen LogP contribution in [0.25, 0.3) is 0 Å². The van der Waals surface area contributed by atoms with E-state index < -0.39 is 6.10 Å². The van der Waals surface area contributed by atoms with Crippen molar-refractivity contribution in [2.24, 2.45) is 0 Å². The second kappa shape index (κ2) is 5.50. The van der Waals surface area contributed by atoms with E-state index in [-0.39, 0.29) is 17.1 Å². The summed E-state index contributed by atoms with van der Waals surface area (Å²) in [7, 11) is 1.33. The molecular formula is C9H18O3S. The van der Waals surface area contributed by atoms with E-state index in [1.165, 1.54) is 7.11 Å². The highest BCUT2D eigenvalue weighted by Crippen LogP contribution is 2.24. The lowest BCUT2D eigenvalue weighted by Gasteiger charge is -2.19. The summed E-state index contributed by atoms with van der Waals surface area (Å²) >= 11 is 1.64. The minimum absolute atomic E-state index is 0.0829. The van der Waals surface area contributed by atoms with Gasteiger partial charge in [0, 0.05) is 10.5 Å². The van der Waals surface area contributed by atoms with Crippen molar-refractivity contribution in [1.82, 2.24) is 0 Å². The van der Waals surface area contributed by atoms with E-state index in [4.69, 9.17) is 0 Å². The van der Waals surface area contributed by atoms with Gasteiger partial charge < -0.3 is 9.84 Å². The Morgan fingerprint density at radius 3 is 2.46 bits per heavy atom. The van der Waals surface area contributed by atoms with Crippen LogP contribution in [-0.4, -0.2) is 34.8 Å². The Morgan fingerprint density at radius 2 is 2.08 bits per heavy atom. The summed E-state index contributed by atoms with van der Waals surface area (Å²) in [6, 6.07) is 0. The van der Waals surface area contributed by atoms with E-state index in [9.17, 15) is 9.90 Å². The minimum Gasteiger partial charge on any atom is -0.469 e. The molecule has 3 nitrogen and oxygen atoms in total. The molecule has 0 aromatic rings. The maximum atomic E-state index is 10.8. The van der Waals surface area contributed by atoms with Crippen LogP contribution in [0, 0.1) is 0 Å². The fraction of sp³-hybridized carbons (Fsp3) is 0.889. The van der Waals surface area contributed by atoms with Gasteiger partial charge in [-0.1, -0.05) is 20.8 Å². The van der Waals surface area contributed by atoms with Crippen LogP contribution < -0.4 is 0 Å².